The first kappa shape index (κ1) is 17.7. The van der Waals surface area contributed by atoms with Crippen LogP contribution in [0.5, 0.6) is 11.5 Å². The third-order valence-corrected chi connectivity index (χ3v) is 4.30. The van der Waals surface area contributed by atoms with Gasteiger partial charge >= 0.3 is 0 Å². The Balaban J connectivity index is 1.98. The highest BCUT2D eigenvalue weighted by atomic mass is 32.1. The number of allylic oxidation sites excluding steroid dienone is 1. The number of nitrogens with one attached hydrogen (secondary N) is 1. The summed E-state index contributed by atoms with van der Waals surface area (Å²) in [5.74, 6) is 1.21. The molecule has 5 nitrogen and oxygen atoms in total. The van der Waals surface area contributed by atoms with Crippen molar-refractivity contribution in [2.75, 3.05) is 21.3 Å². The number of aliphatic imine (C=N–C) groups is 1. The van der Waals surface area contributed by atoms with Crippen LogP contribution in [0.3, 0.4) is 0 Å². The van der Waals surface area contributed by atoms with Crippen molar-refractivity contribution in [3.05, 3.63) is 51.7 Å². The quantitative estimate of drug-likeness (QED) is 0.783. The first-order chi connectivity index (χ1) is 11.7. The Bertz CT molecular complexity index is 750. The fourth-order valence-corrected chi connectivity index (χ4v) is 2.89. The van der Waals surface area contributed by atoms with Crippen LogP contribution < -0.4 is 14.8 Å². The van der Waals surface area contributed by atoms with E-state index in [0.29, 0.717) is 22.9 Å². The van der Waals surface area contributed by atoms with Crippen LogP contribution in [-0.4, -0.2) is 33.4 Å². The number of methoxy groups -OCH3 is 2. The minimum absolute atomic E-state index is 0.0985. The van der Waals surface area contributed by atoms with E-state index in [0.717, 1.165) is 10.4 Å². The van der Waals surface area contributed by atoms with Crippen molar-refractivity contribution >= 4 is 29.5 Å². The second-order valence-electron chi connectivity index (χ2n) is 4.84. The minimum Gasteiger partial charge on any atom is -0.493 e. The lowest BCUT2D eigenvalue weighted by atomic mass is 10.2. The molecule has 0 aliphatic heterocycles. The number of nitrogens with zero attached hydrogens (tertiary/aromatic N) is 1. The van der Waals surface area contributed by atoms with Crippen molar-refractivity contribution in [2.45, 2.75) is 6.54 Å². The monoisotopic (exact) mass is 344 g/mol. The number of benzene rings is 1. The topological polar surface area (TPSA) is 59.9 Å². The SMILES string of the molecule is CN=C/C=C/c1ccc(C(=O)NCc2ccc(OC)c(OC)c2)s1. The van der Waals surface area contributed by atoms with E-state index in [4.69, 9.17) is 9.47 Å². The maximum absolute atomic E-state index is 12.2. The van der Waals surface area contributed by atoms with Gasteiger partial charge in [0.15, 0.2) is 11.5 Å². The average Bonchev–Trinajstić information content (AvgIpc) is 3.08. The van der Waals surface area contributed by atoms with Gasteiger partial charge < -0.3 is 14.8 Å². The molecular formula is C18H20N2O3S. The molecule has 0 aliphatic carbocycles. The van der Waals surface area contributed by atoms with Gasteiger partial charge in [0.05, 0.1) is 19.1 Å². The largest absolute Gasteiger partial charge is 0.493 e. The van der Waals surface area contributed by atoms with Crippen LogP contribution in [0.1, 0.15) is 20.1 Å². The third-order valence-electron chi connectivity index (χ3n) is 3.25. The summed E-state index contributed by atoms with van der Waals surface area (Å²) in [6.45, 7) is 0.421. The Morgan fingerprint density at radius 3 is 2.71 bits per heavy atom. The first-order valence-electron chi connectivity index (χ1n) is 7.35. The molecule has 0 fully saturated rings. The zero-order chi connectivity index (χ0) is 17.4. The van der Waals surface area contributed by atoms with Gasteiger partial charge in [-0.2, -0.15) is 0 Å². The predicted octanol–water partition coefficient (Wildman–Crippen LogP) is 3.41. The van der Waals surface area contributed by atoms with Gasteiger partial charge in [0.1, 0.15) is 0 Å². The van der Waals surface area contributed by atoms with Crippen LogP contribution in [0.4, 0.5) is 0 Å². The van der Waals surface area contributed by atoms with Gasteiger partial charge in [0, 0.05) is 24.7 Å². The number of carbonyl (C=O) groups excluding carboxylic acids is 1. The lowest BCUT2D eigenvalue weighted by Gasteiger charge is -2.10. The molecule has 1 amide bonds. The van der Waals surface area contributed by atoms with Crippen molar-refractivity contribution in [2.24, 2.45) is 4.99 Å². The summed E-state index contributed by atoms with van der Waals surface area (Å²) >= 11 is 1.44. The van der Waals surface area contributed by atoms with Crippen LogP contribution in [0.2, 0.25) is 0 Å². The second-order valence-corrected chi connectivity index (χ2v) is 5.96. The molecule has 0 radical (unpaired) electrons. The number of ether oxygens (including phenoxy) is 2. The van der Waals surface area contributed by atoms with E-state index in [-0.39, 0.29) is 5.91 Å². The van der Waals surface area contributed by atoms with E-state index in [2.05, 4.69) is 10.3 Å². The summed E-state index contributed by atoms with van der Waals surface area (Å²) in [6.07, 6.45) is 5.47. The number of carbonyl (C=O) groups is 1. The molecule has 1 aromatic heterocycles. The van der Waals surface area contributed by atoms with Crippen LogP contribution in [0.15, 0.2) is 41.4 Å². The van der Waals surface area contributed by atoms with Gasteiger partial charge in [0.2, 0.25) is 0 Å². The Morgan fingerprint density at radius 2 is 2.00 bits per heavy atom. The molecule has 0 saturated carbocycles. The Kier molecular flexibility index (Phi) is 6.57. The molecule has 0 saturated heterocycles. The highest BCUT2D eigenvalue weighted by Crippen LogP contribution is 2.27. The summed E-state index contributed by atoms with van der Waals surface area (Å²) < 4.78 is 10.5. The first-order valence-corrected chi connectivity index (χ1v) is 8.17. The van der Waals surface area contributed by atoms with Gasteiger partial charge in [-0.3, -0.25) is 9.79 Å². The molecule has 0 aliphatic rings. The zero-order valence-electron chi connectivity index (χ0n) is 13.9. The summed E-state index contributed by atoms with van der Waals surface area (Å²) in [6, 6.07) is 9.30. The molecule has 1 heterocycles. The summed E-state index contributed by atoms with van der Waals surface area (Å²) in [5, 5.41) is 2.91. The second kappa shape index (κ2) is 8.88. The van der Waals surface area contributed by atoms with Crippen molar-refractivity contribution in [3.8, 4) is 11.5 Å². The average molecular weight is 344 g/mol. The molecule has 6 heteroatoms. The molecule has 1 aromatic carbocycles. The van der Waals surface area contributed by atoms with Crippen molar-refractivity contribution in [3.63, 3.8) is 0 Å². The lowest BCUT2D eigenvalue weighted by Crippen LogP contribution is -2.21. The number of thiophene rings is 1. The zero-order valence-corrected chi connectivity index (χ0v) is 14.7. The maximum atomic E-state index is 12.2. The van der Waals surface area contributed by atoms with E-state index < -0.39 is 0 Å². The standard InChI is InChI=1S/C18H20N2O3S/c1-19-10-4-5-14-7-9-17(24-14)18(21)20-12-13-6-8-15(22-2)16(11-13)23-3/h4-11H,12H2,1-3H3,(H,20,21)/b5-4+,19-10?. The van der Waals surface area contributed by atoms with Crippen molar-refractivity contribution in [1.29, 1.82) is 0 Å². The highest BCUT2D eigenvalue weighted by Gasteiger charge is 2.09. The Hall–Kier alpha value is -2.60. The molecule has 2 rings (SSSR count). The number of hydrogen-bond donors (Lipinski definition) is 1. The van der Waals surface area contributed by atoms with Crippen molar-refractivity contribution < 1.29 is 14.3 Å². The van der Waals surface area contributed by atoms with Crippen LogP contribution in [-0.2, 0) is 6.54 Å². The van der Waals surface area contributed by atoms with E-state index in [1.54, 1.807) is 27.5 Å². The third kappa shape index (κ3) is 4.70. The van der Waals surface area contributed by atoms with E-state index >= 15 is 0 Å². The number of amides is 1. The molecule has 0 unspecified atom stereocenters. The van der Waals surface area contributed by atoms with Crippen LogP contribution in [0, 0.1) is 0 Å². The van der Waals surface area contributed by atoms with Gasteiger partial charge in [-0.1, -0.05) is 6.07 Å². The highest BCUT2D eigenvalue weighted by molar-refractivity contribution is 7.14. The van der Waals surface area contributed by atoms with Gasteiger partial charge in [0.25, 0.3) is 5.91 Å². The molecule has 1 N–H and O–H groups in total. The minimum atomic E-state index is -0.0985. The van der Waals surface area contributed by atoms with Gasteiger partial charge in [-0.05, 0) is 42.0 Å². The van der Waals surface area contributed by atoms with E-state index in [1.807, 2.05) is 42.5 Å². The number of rotatable bonds is 7. The summed E-state index contributed by atoms with van der Waals surface area (Å²) in [4.78, 5) is 17.8. The maximum Gasteiger partial charge on any atom is 0.261 e. The Morgan fingerprint density at radius 1 is 1.21 bits per heavy atom. The summed E-state index contributed by atoms with van der Waals surface area (Å²) in [5.41, 5.74) is 0.942. The normalized spacial score (nSPS) is 11.1. The molecule has 0 bridgehead atoms. The fourth-order valence-electron chi connectivity index (χ4n) is 2.05. The number of hydrogen-bond acceptors (Lipinski definition) is 5. The van der Waals surface area contributed by atoms with Crippen LogP contribution >= 0.6 is 11.3 Å². The molecule has 126 valence electrons. The predicted molar refractivity (Wildman–Crippen MR) is 98.5 cm³/mol. The molecular weight excluding hydrogens is 324 g/mol. The molecule has 0 atom stereocenters. The van der Waals surface area contributed by atoms with Gasteiger partial charge in [-0.25, -0.2) is 0 Å². The van der Waals surface area contributed by atoms with Crippen molar-refractivity contribution in [1.82, 2.24) is 5.32 Å². The van der Waals surface area contributed by atoms with Crippen LogP contribution in [0.25, 0.3) is 6.08 Å². The summed E-state index contributed by atoms with van der Waals surface area (Å²) in [7, 11) is 4.89. The Labute approximate surface area is 145 Å². The smallest absolute Gasteiger partial charge is 0.261 e. The lowest BCUT2D eigenvalue weighted by molar-refractivity contribution is 0.0955. The van der Waals surface area contributed by atoms with Gasteiger partial charge in [-0.15, -0.1) is 11.3 Å². The fraction of sp³-hybridized carbons (Fsp3) is 0.222. The molecule has 0 spiro atoms. The van der Waals surface area contributed by atoms with E-state index in [9.17, 15) is 4.79 Å². The molecule has 24 heavy (non-hydrogen) atoms. The van der Waals surface area contributed by atoms with E-state index in [1.165, 1.54) is 11.3 Å². The molecule has 2 aromatic rings.